The molecule has 0 aliphatic heterocycles. The molecule has 0 spiro atoms. The zero-order valence-electron chi connectivity index (χ0n) is 17.4. The van der Waals surface area contributed by atoms with Crippen LogP contribution in [-0.4, -0.2) is 17.6 Å². The summed E-state index contributed by atoms with van der Waals surface area (Å²) in [7, 11) is 0. The molecule has 0 N–H and O–H groups in total. The third-order valence-electron chi connectivity index (χ3n) is 5.77. The van der Waals surface area contributed by atoms with Crippen molar-refractivity contribution in [3.05, 3.63) is 63.5 Å². The molecule has 4 nitrogen and oxygen atoms in total. The van der Waals surface area contributed by atoms with Crippen LogP contribution in [0.3, 0.4) is 0 Å². The second-order valence-electron chi connectivity index (χ2n) is 8.72. The number of ether oxygens (including phenoxy) is 1. The Balaban J connectivity index is 1.98. The third-order valence-corrected chi connectivity index (χ3v) is 6.59. The molecular formula is C25H24N2O2S. The predicted molar refractivity (Wildman–Crippen MR) is 121 cm³/mol. The molecule has 0 amide bonds. The van der Waals surface area contributed by atoms with Gasteiger partial charge in [0.1, 0.15) is 6.07 Å². The van der Waals surface area contributed by atoms with Crippen LogP contribution in [0, 0.1) is 22.7 Å². The number of para-hydroxylation sites is 1. The first-order valence-corrected chi connectivity index (χ1v) is 11.0. The van der Waals surface area contributed by atoms with Crippen molar-refractivity contribution in [2.24, 2.45) is 11.3 Å². The number of hydrogen-bond donors (Lipinski definition) is 0. The molecule has 0 fully saturated rings. The summed E-state index contributed by atoms with van der Waals surface area (Å²) in [6, 6.07) is 13.7. The van der Waals surface area contributed by atoms with Crippen molar-refractivity contribution < 1.29 is 9.53 Å². The van der Waals surface area contributed by atoms with Crippen molar-refractivity contribution in [1.82, 2.24) is 4.98 Å². The average Bonchev–Trinajstić information content (AvgIpc) is 3.22. The van der Waals surface area contributed by atoms with Gasteiger partial charge in [-0.25, -0.2) is 9.78 Å². The molecule has 0 bridgehead atoms. The molecule has 1 aliphatic carbocycles. The van der Waals surface area contributed by atoms with E-state index >= 15 is 0 Å². The van der Waals surface area contributed by atoms with E-state index in [1.54, 1.807) is 11.3 Å². The summed E-state index contributed by atoms with van der Waals surface area (Å²) >= 11 is 1.69. The van der Waals surface area contributed by atoms with Crippen LogP contribution in [0.4, 0.5) is 0 Å². The minimum Gasteiger partial charge on any atom is -0.447 e. The summed E-state index contributed by atoms with van der Waals surface area (Å²) in [4.78, 5) is 19.2. The van der Waals surface area contributed by atoms with E-state index in [1.807, 2.05) is 36.4 Å². The maximum Gasteiger partial charge on any atom is 0.340 e. The summed E-state index contributed by atoms with van der Waals surface area (Å²) in [5.74, 6) is -0.0851. The van der Waals surface area contributed by atoms with Crippen molar-refractivity contribution in [2.45, 2.75) is 33.6 Å². The van der Waals surface area contributed by atoms with Gasteiger partial charge in [0.25, 0.3) is 0 Å². The molecule has 2 aromatic heterocycles. The number of nitriles is 1. The highest BCUT2D eigenvalue weighted by molar-refractivity contribution is 7.10. The van der Waals surface area contributed by atoms with Crippen molar-refractivity contribution in [3.8, 4) is 6.07 Å². The average molecular weight is 417 g/mol. The smallest absolute Gasteiger partial charge is 0.340 e. The predicted octanol–water partition coefficient (Wildman–Crippen LogP) is 6.13. The number of allylic oxidation sites excluding steroid dienone is 1. The number of esters is 1. The molecule has 5 heteroatoms. The van der Waals surface area contributed by atoms with E-state index in [-0.39, 0.29) is 12.0 Å². The van der Waals surface area contributed by atoms with Gasteiger partial charge in [-0.05, 0) is 58.9 Å². The molecule has 0 radical (unpaired) electrons. The topological polar surface area (TPSA) is 63.0 Å². The highest BCUT2D eigenvalue weighted by atomic mass is 32.1. The molecule has 30 heavy (non-hydrogen) atoms. The van der Waals surface area contributed by atoms with Gasteiger partial charge in [-0.3, -0.25) is 0 Å². The zero-order valence-corrected chi connectivity index (χ0v) is 18.3. The second kappa shape index (κ2) is 8.04. The maximum atomic E-state index is 13.1. The van der Waals surface area contributed by atoms with Gasteiger partial charge in [-0.15, -0.1) is 11.3 Å². The first-order valence-electron chi connectivity index (χ1n) is 10.1. The zero-order chi connectivity index (χ0) is 21.3. The lowest BCUT2D eigenvalue weighted by molar-refractivity contribution is 0.0555. The first kappa shape index (κ1) is 20.3. The minimum absolute atomic E-state index is 0.0751. The SMILES string of the molecule is CC(C)(C)[C@@H]1C/C(=C\c2cccs2)c2nc3ccccc3c(C(=O)OCC#N)c2C1. The Morgan fingerprint density at radius 3 is 2.77 bits per heavy atom. The Hall–Kier alpha value is -2.97. The number of aromatic nitrogens is 1. The van der Waals surface area contributed by atoms with Gasteiger partial charge in [0.05, 0.1) is 16.8 Å². The lowest BCUT2D eigenvalue weighted by Gasteiger charge is -2.36. The van der Waals surface area contributed by atoms with Gasteiger partial charge in [-0.1, -0.05) is 45.0 Å². The lowest BCUT2D eigenvalue weighted by atomic mass is 9.69. The first-order chi connectivity index (χ1) is 14.4. The molecule has 4 rings (SSSR count). The number of rotatable bonds is 3. The minimum atomic E-state index is -0.448. The lowest BCUT2D eigenvalue weighted by Crippen LogP contribution is -2.28. The number of nitrogens with zero attached hydrogens (tertiary/aromatic N) is 2. The molecule has 0 saturated carbocycles. The van der Waals surface area contributed by atoms with Crippen LogP contribution >= 0.6 is 11.3 Å². The molecular weight excluding hydrogens is 392 g/mol. The number of pyridine rings is 1. The van der Waals surface area contributed by atoms with E-state index in [4.69, 9.17) is 15.0 Å². The van der Waals surface area contributed by atoms with Crippen molar-refractivity contribution in [3.63, 3.8) is 0 Å². The maximum absolute atomic E-state index is 13.1. The van der Waals surface area contributed by atoms with Gasteiger partial charge in [0.2, 0.25) is 0 Å². The Labute approximate surface area is 180 Å². The summed E-state index contributed by atoms with van der Waals surface area (Å²) < 4.78 is 5.27. The monoisotopic (exact) mass is 416 g/mol. The van der Waals surface area contributed by atoms with Gasteiger partial charge in [0, 0.05) is 10.3 Å². The Morgan fingerprint density at radius 1 is 1.27 bits per heavy atom. The number of carbonyl (C=O) groups is 1. The largest absolute Gasteiger partial charge is 0.447 e. The standard InChI is InChI=1S/C25H24N2O2S/c1-25(2,3)17-13-16(14-18-7-6-12-30-18)23-20(15-17)22(24(28)29-11-10-26)19-8-4-5-9-21(19)27-23/h4-9,12,14,17H,11,13,15H2,1-3H3/b16-14+/t17-/m1/s1. The van der Waals surface area contributed by atoms with Crippen molar-refractivity contribution in [1.29, 1.82) is 5.26 Å². The number of carbonyl (C=O) groups excluding carboxylic acids is 1. The molecule has 2 heterocycles. The van der Waals surface area contributed by atoms with Crippen LogP contribution in [0.15, 0.2) is 41.8 Å². The molecule has 1 aromatic carbocycles. The molecule has 3 aromatic rings. The van der Waals surface area contributed by atoms with Crippen LogP contribution in [0.5, 0.6) is 0 Å². The summed E-state index contributed by atoms with van der Waals surface area (Å²) in [6.07, 6.45) is 3.87. The summed E-state index contributed by atoms with van der Waals surface area (Å²) in [5.41, 5.74) is 4.37. The highest BCUT2D eigenvalue weighted by Crippen LogP contribution is 2.45. The van der Waals surface area contributed by atoms with Gasteiger partial charge >= 0.3 is 5.97 Å². The second-order valence-corrected chi connectivity index (χ2v) is 9.70. The van der Waals surface area contributed by atoms with Crippen LogP contribution < -0.4 is 0 Å². The molecule has 152 valence electrons. The number of fused-ring (bicyclic) bond motifs is 2. The van der Waals surface area contributed by atoms with E-state index in [9.17, 15) is 4.79 Å². The van der Waals surface area contributed by atoms with E-state index in [0.29, 0.717) is 11.5 Å². The van der Waals surface area contributed by atoms with Crippen LogP contribution in [0.2, 0.25) is 0 Å². The number of benzene rings is 1. The van der Waals surface area contributed by atoms with E-state index < -0.39 is 5.97 Å². The normalized spacial score (nSPS) is 17.5. The van der Waals surface area contributed by atoms with E-state index in [2.05, 4.69) is 38.3 Å². The van der Waals surface area contributed by atoms with Crippen molar-refractivity contribution in [2.75, 3.05) is 6.61 Å². The summed E-state index contributed by atoms with van der Waals surface area (Å²) in [6.45, 7) is 6.47. The highest BCUT2D eigenvalue weighted by Gasteiger charge is 2.35. The quantitative estimate of drug-likeness (QED) is 0.482. The van der Waals surface area contributed by atoms with E-state index in [1.165, 1.54) is 4.88 Å². The summed E-state index contributed by atoms with van der Waals surface area (Å²) in [5, 5.41) is 11.7. The van der Waals surface area contributed by atoms with Crippen molar-refractivity contribution >= 4 is 39.9 Å². The third kappa shape index (κ3) is 3.88. The fourth-order valence-corrected chi connectivity index (χ4v) is 4.77. The Morgan fingerprint density at radius 2 is 2.07 bits per heavy atom. The molecule has 1 aliphatic rings. The Bertz CT molecular complexity index is 1160. The molecule has 1 atom stereocenters. The fourth-order valence-electron chi connectivity index (χ4n) is 4.08. The fraction of sp³-hybridized carbons (Fsp3) is 0.320. The number of hydrogen-bond acceptors (Lipinski definition) is 5. The Kier molecular flexibility index (Phi) is 5.44. The van der Waals surface area contributed by atoms with E-state index in [0.717, 1.165) is 40.6 Å². The molecule has 0 saturated heterocycles. The molecule has 0 unspecified atom stereocenters. The van der Waals surface area contributed by atoms with Crippen LogP contribution in [0.1, 0.15) is 53.7 Å². The van der Waals surface area contributed by atoms with Crippen LogP contribution in [-0.2, 0) is 11.2 Å². The van der Waals surface area contributed by atoms with Gasteiger partial charge in [0.15, 0.2) is 6.61 Å². The number of thiophene rings is 1. The van der Waals surface area contributed by atoms with Gasteiger partial charge < -0.3 is 4.74 Å². The van der Waals surface area contributed by atoms with Crippen LogP contribution in [0.25, 0.3) is 22.6 Å². The van der Waals surface area contributed by atoms with Gasteiger partial charge in [-0.2, -0.15) is 5.26 Å².